The summed E-state index contributed by atoms with van der Waals surface area (Å²) in [4.78, 5) is 26.2. The predicted octanol–water partition coefficient (Wildman–Crippen LogP) is 2.35. The van der Waals surface area contributed by atoms with Gasteiger partial charge in [0.15, 0.2) is 11.0 Å². The molecule has 7 nitrogen and oxygen atoms in total. The normalized spacial score (nSPS) is 10.6. The summed E-state index contributed by atoms with van der Waals surface area (Å²) in [7, 11) is 3.16. The van der Waals surface area contributed by atoms with Crippen molar-refractivity contribution in [1.82, 2.24) is 25.0 Å². The van der Waals surface area contributed by atoms with E-state index in [1.807, 2.05) is 40.3 Å². The Bertz CT molecular complexity index is 925. The Morgan fingerprint density at radius 1 is 1.18 bits per heavy atom. The fourth-order valence-corrected chi connectivity index (χ4v) is 4.11. The first kappa shape index (κ1) is 20.1. The molecule has 9 heteroatoms. The van der Waals surface area contributed by atoms with Gasteiger partial charge in [0, 0.05) is 14.1 Å². The largest absolute Gasteiger partial charge is 0.358 e. The van der Waals surface area contributed by atoms with Crippen LogP contribution in [0.4, 0.5) is 0 Å². The summed E-state index contributed by atoms with van der Waals surface area (Å²) in [5, 5.41) is 13.9. The molecule has 2 heterocycles. The van der Waals surface area contributed by atoms with Gasteiger partial charge in [-0.3, -0.25) is 14.2 Å². The maximum absolute atomic E-state index is 12.3. The smallest absolute Gasteiger partial charge is 0.239 e. The van der Waals surface area contributed by atoms with Crippen LogP contribution in [0.2, 0.25) is 0 Å². The Balaban J connectivity index is 1.77. The minimum absolute atomic E-state index is 0.0348. The van der Waals surface area contributed by atoms with Crippen molar-refractivity contribution in [3.63, 3.8) is 0 Å². The molecule has 0 fully saturated rings. The number of benzene rings is 1. The number of carbonyl (C=O) groups excluding carboxylic acids is 2. The molecule has 0 aliphatic carbocycles. The highest BCUT2D eigenvalue weighted by Crippen LogP contribution is 2.28. The molecule has 0 atom stereocenters. The molecule has 0 saturated carbocycles. The van der Waals surface area contributed by atoms with Crippen molar-refractivity contribution in [1.29, 1.82) is 0 Å². The van der Waals surface area contributed by atoms with Crippen LogP contribution >= 0.6 is 23.1 Å². The van der Waals surface area contributed by atoms with Crippen molar-refractivity contribution in [2.75, 3.05) is 26.4 Å². The van der Waals surface area contributed by atoms with Crippen molar-refractivity contribution in [2.24, 2.45) is 0 Å². The van der Waals surface area contributed by atoms with Gasteiger partial charge in [0.25, 0.3) is 0 Å². The second-order valence-electron chi connectivity index (χ2n) is 6.07. The lowest BCUT2D eigenvalue weighted by Crippen LogP contribution is -2.37. The summed E-state index contributed by atoms with van der Waals surface area (Å²) in [6.45, 7) is 0.652. The van der Waals surface area contributed by atoms with Crippen LogP contribution < -0.4 is 5.32 Å². The van der Waals surface area contributed by atoms with Gasteiger partial charge in [-0.25, -0.2) is 0 Å². The third-order valence-corrected chi connectivity index (χ3v) is 5.87. The molecule has 0 aliphatic heterocycles. The van der Waals surface area contributed by atoms with Gasteiger partial charge in [-0.2, -0.15) is 0 Å². The number of carbonyl (C=O) groups is 2. The van der Waals surface area contributed by atoms with E-state index < -0.39 is 0 Å². The van der Waals surface area contributed by atoms with Gasteiger partial charge in [0.1, 0.15) is 0 Å². The van der Waals surface area contributed by atoms with Crippen molar-refractivity contribution >= 4 is 34.9 Å². The molecule has 0 unspecified atom stereocenters. The van der Waals surface area contributed by atoms with Crippen LogP contribution in [0.25, 0.3) is 10.7 Å². The molecule has 1 N–H and O–H groups in total. The van der Waals surface area contributed by atoms with E-state index in [-0.39, 0.29) is 24.1 Å². The lowest BCUT2D eigenvalue weighted by atomic mass is 10.2. The zero-order valence-corrected chi connectivity index (χ0v) is 17.3. The van der Waals surface area contributed by atoms with Gasteiger partial charge in [0.2, 0.25) is 11.8 Å². The number of aromatic nitrogens is 3. The molecule has 3 aromatic rings. The maximum Gasteiger partial charge on any atom is 0.239 e. The first-order chi connectivity index (χ1) is 13.6. The molecule has 0 aliphatic rings. The van der Waals surface area contributed by atoms with Crippen LogP contribution in [0.1, 0.15) is 5.56 Å². The number of rotatable bonds is 8. The summed E-state index contributed by atoms with van der Waals surface area (Å²) >= 11 is 2.93. The SMILES string of the molecule is CNC(=O)CN(C)C(=O)CSc1nnc(-c2cccs2)n1Cc1ccccc1. The van der Waals surface area contributed by atoms with E-state index in [2.05, 4.69) is 27.6 Å². The fourth-order valence-electron chi connectivity index (χ4n) is 2.51. The minimum Gasteiger partial charge on any atom is -0.358 e. The van der Waals surface area contributed by atoms with Gasteiger partial charge >= 0.3 is 0 Å². The van der Waals surface area contributed by atoms with Crippen LogP contribution in [0.15, 0.2) is 53.0 Å². The third-order valence-electron chi connectivity index (χ3n) is 4.05. The molecule has 3 rings (SSSR count). The first-order valence-electron chi connectivity index (χ1n) is 8.67. The highest BCUT2D eigenvalue weighted by molar-refractivity contribution is 7.99. The summed E-state index contributed by atoms with van der Waals surface area (Å²) < 4.78 is 2.03. The van der Waals surface area contributed by atoms with Crippen molar-refractivity contribution < 1.29 is 9.59 Å². The van der Waals surface area contributed by atoms with Crippen LogP contribution in [-0.2, 0) is 16.1 Å². The Labute approximate surface area is 171 Å². The Kier molecular flexibility index (Phi) is 6.83. The number of hydrogen-bond donors (Lipinski definition) is 1. The van der Waals surface area contributed by atoms with Crippen LogP contribution in [-0.4, -0.2) is 57.9 Å². The minimum atomic E-state index is -0.201. The van der Waals surface area contributed by atoms with Gasteiger partial charge in [-0.15, -0.1) is 21.5 Å². The molecule has 0 spiro atoms. The molecule has 1 aromatic carbocycles. The third kappa shape index (κ3) is 4.99. The maximum atomic E-state index is 12.3. The van der Waals surface area contributed by atoms with Crippen LogP contribution in [0.5, 0.6) is 0 Å². The molecule has 0 radical (unpaired) electrons. The lowest BCUT2D eigenvalue weighted by molar-refractivity contribution is -0.132. The summed E-state index contributed by atoms with van der Waals surface area (Å²) in [6, 6.07) is 14.1. The van der Waals surface area contributed by atoms with Crippen molar-refractivity contribution in [2.45, 2.75) is 11.7 Å². The molecular formula is C19H21N5O2S2. The number of nitrogens with zero attached hydrogens (tertiary/aromatic N) is 4. The van der Waals surface area contributed by atoms with E-state index in [0.29, 0.717) is 11.7 Å². The molecule has 0 saturated heterocycles. The van der Waals surface area contributed by atoms with E-state index in [1.54, 1.807) is 25.4 Å². The molecule has 28 heavy (non-hydrogen) atoms. The zero-order valence-electron chi connectivity index (χ0n) is 15.7. The topological polar surface area (TPSA) is 80.1 Å². The van der Waals surface area contributed by atoms with Gasteiger partial charge in [0.05, 0.1) is 23.7 Å². The average Bonchev–Trinajstić information content (AvgIpc) is 3.36. The Hall–Kier alpha value is -2.65. The fraction of sp³-hybridized carbons (Fsp3) is 0.263. The highest BCUT2D eigenvalue weighted by atomic mass is 32.2. The molecule has 2 aromatic heterocycles. The standard InChI is InChI=1S/C19H21N5O2S2/c1-20-16(25)12-23(2)17(26)13-28-19-22-21-18(15-9-6-10-27-15)24(19)11-14-7-4-3-5-8-14/h3-10H,11-13H2,1-2H3,(H,20,25). The first-order valence-corrected chi connectivity index (χ1v) is 10.5. The predicted molar refractivity (Wildman–Crippen MR) is 111 cm³/mol. The summed E-state index contributed by atoms with van der Waals surface area (Å²) in [6.07, 6.45) is 0. The number of likely N-dealkylation sites (N-methyl/N-ethyl adjacent to an activating group) is 2. The second kappa shape index (κ2) is 9.52. The molecule has 2 amide bonds. The summed E-state index contributed by atoms with van der Waals surface area (Å²) in [5.41, 5.74) is 1.13. The van der Waals surface area contributed by atoms with E-state index in [9.17, 15) is 9.59 Å². The van der Waals surface area contributed by atoms with Crippen LogP contribution in [0.3, 0.4) is 0 Å². The van der Waals surface area contributed by atoms with Gasteiger partial charge < -0.3 is 10.2 Å². The van der Waals surface area contributed by atoms with E-state index in [0.717, 1.165) is 16.3 Å². The van der Waals surface area contributed by atoms with Crippen LogP contribution in [0, 0.1) is 0 Å². The zero-order chi connectivity index (χ0) is 19.9. The van der Waals surface area contributed by atoms with Crippen molar-refractivity contribution in [3.05, 3.63) is 53.4 Å². The lowest BCUT2D eigenvalue weighted by Gasteiger charge is -2.16. The monoisotopic (exact) mass is 415 g/mol. The van der Waals surface area contributed by atoms with E-state index in [1.165, 1.54) is 16.7 Å². The highest BCUT2D eigenvalue weighted by Gasteiger charge is 2.18. The van der Waals surface area contributed by atoms with Crippen molar-refractivity contribution in [3.8, 4) is 10.7 Å². The molecule has 0 bridgehead atoms. The second-order valence-corrected chi connectivity index (χ2v) is 7.96. The van der Waals surface area contributed by atoms with Gasteiger partial charge in [-0.05, 0) is 17.0 Å². The molecule has 146 valence electrons. The molecular weight excluding hydrogens is 394 g/mol. The average molecular weight is 416 g/mol. The number of nitrogens with one attached hydrogen (secondary N) is 1. The van der Waals surface area contributed by atoms with E-state index >= 15 is 0 Å². The Morgan fingerprint density at radius 2 is 1.96 bits per heavy atom. The Morgan fingerprint density at radius 3 is 2.64 bits per heavy atom. The van der Waals surface area contributed by atoms with E-state index in [4.69, 9.17) is 0 Å². The van der Waals surface area contributed by atoms with Gasteiger partial charge in [-0.1, -0.05) is 48.2 Å². The summed E-state index contributed by atoms with van der Waals surface area (Å²) in [5.74, 6) is 0.631. The number of hydrogen-bond acceptors (Lipinski definition) is 6. The number of thioether (sulfide) groups is 1. The quantitative estimate of drug-likeness (QED) is 0.571. The number of thiophene rings is 1. The number of amides is 2.